The van der Waals surface area contributed by atoms with Gasteiger partial charge in [-0.25, -0.2) is 0 Å². The lowest BCUT2D eigenvalue weighted by Crippen LogP contribution is -2.35. The van der Waals surface area contributed by atoms with Crippen molar-refractivity contribution in [3.05, 3.63) is 101 Å². The summed E-state index contributed by atoms with van der Waals surface area (Å²) in [5.41, 5.74) is 4.53. The summed E-state index contributed by atoms with van der Waals surface area (Å²) < 4.78 is 32.0. The molecule has 3 aromatic carbocycles. The maximum absolute atomic E-state index is 13.2. The number of hydrogen-bond acceptors (Lipinski definition) is 4. The van der Waals surface area contributed by atoms with Gasteiger partial charge in [-0.05, 0) is 45.6 Å². The first-order chi connectivity index (χ1) is 17.0. The van der Waals surface area contributed by atoms with Crippen molar-refractivity contribution >= 4 is 16.0 Å². The largest absolute Gasteiger partial charge is 0.381 e. The Kier molecular flexibility index (Phi) is 8.96. The summed E-state index contributed by atoms with van der Waals surface area (Å²) in [7, 11) is -4.20. The molecule has 0 aliphatic heterocycles. The Bertz CT molecular complexity index is 1200. The van der Waals surface area contributed by atoms with Crippen LogP contribution in [0.5, 0.6) is 5.75 Å². The van der Waals surface area contributed by atoms with Crippen molar-refractivity contribution in [2.45, 2.75) is 65.3 Å². The number of benzene rings is 3. The van der Waals surface area contributed by atoms with E-state index < -0.39 is 27.8 Å². The summed E-state index contributed by atoms with van der Waals surface area (Å²) in [5.74, 6) is -0.640. The third-order valence-corrected chi connectivity index (χ3v) is 7.21. The zero-order valence-electron chi connectivity index (χ0n) is 22.0. The molecule has 3 rings (SSSR count). The molecule has 0 bridgehead atoms. The van der Waals surface area contributed by atoms with Crippen molar-refractivity contribution in [3.8, 4) is 5.75 Å². The highest BCUT2D eigenvalue weighted by molar-refractivity contribution is 7.87. The van der Waals surface area contributed by atoms with E-state index in [0.717, 1.165) is 27.8 Å². The predicted molar refractivity (Wildman–Crippen MR) is 146 cm³/mol. The first kappa shape index (κ1) is 27.5. The Balaban J connectivity index is 1.89. The van der Waals surface area contributed by atoms with Crippen LogP contribution < -0.4 is 9.50 Å². The van der Waals surface area contributed by atoms with Crippen LogP contribution in [0.4, 0.5) is 0 Å². The molecule has 0 aliphatic rings. The van der Waals surface area contributed by atoms with Gasteiger partial charge in [0.25, 0.3) is 0 Å². The Morgan fingerprint density at radius 3 is 1.56 bits per heavy atom. The van der Waals surface area contributed by atoms with Crippen molar-refractivity contribution in [2.24, 2.45) is 0 Å². The third kappa shape index (κ3) is 6.97. The van der Waals surface area contributed by atoms with E-state index in [4.69, 9.17) is 4.18 Å². The Hall–Kier alpha value is -3.12. The first-order valence-electron chi connectivity index (χ1n) is 12.5. The van der Waals surface area contributed by atoms with E-state index in [9.17, 15) is 13.2 Å². The fraction of sp³-hybridized carbons (Fsp3) is 0.367. The van der Waals surface area contributed by atoms with Gasteiger partial charge in [0, 0.05) is 0 Å². The van der Waals surface area contributed by atoms with Gasteiger partial charge in [-0.3, -0.25) is 4.79 Å². The molecule has 0 aromatic heterocycles. The fourth-order valence-electron chi connectivity index (χ4n) is 4.16. The van der Waals surface area contributed by atoms with Crippen molar-refractivity contribution in [1.29, 1.82) is 0 Å². The number of carbonyl (C=O) groups excluding carboxylic acids is 1. The predicted octanol–water partition coefficient (Wildman–Crippen LogP) is 6.67. The van der Waals surface area contributed by atoms with E-state index in [0.29, 0.717) is 11.7 Å². The topological polar surface area (TPSA) is 72.5 Å². The first-order valence-corrected chi connectivity index (χ1v) is 14.1. The summed E-state index contributed by atoms with van der Waals surface area (Å²) in [6.07, 6.45) is 0. The SMILES string of the molecule is CC(C)c1cc(C(C)C)c(OS(=O)(=O)CC(=O)NC(c2ccccc2)c2ccccc2)c(C(C)C)c1. The molecule has 36 heavy (non-hydrogen) atoms. The van der Waals surface area contributed by atoms with Crippen LogP contribution in [0.25, 0.3) is 0 Å². The molecule has 0 saturated heterocycles. The molecule has 0 saturated carbocycles. The van der Waals surface area contributed by atoms with Crippen LogP contribution in [0.3, 0.4) is 0 Å². The molecule has 0 spiro atoms. The van der Waals surface area contributed by atoms with Crippen LogP contribution in [0.15, 0.2) is 72.8 Å². The quantitative estimate of drug-likeness (QED) is 0.311. The molecule has 0 unspecified atom stereocenters. The molecule has 6 heteroatoms. The van der Waals surface area contributed by atoms with Gasteiger partial charge < -0.3 is 9.50 Å². The molecule has 0 heterocycles. The lowest BCUT2D eigenvalue weighted by molar-refractivity contribution is -0.119. The van der Waals surface area contributed by atoms with Crippen molar-refractivity contribution in [3.63, 3.8) is 0 Å². The summed E-state index contributed by atoms with van der Waals surface area (Å²) in [6, 6.07) is 22.5. The number of carbonyl (C=O) groups is 1. The average molecular weight is 508 g/mol. The van der Waals surface area contributed by atoms with Gasteiger partial charge in [0.2, 0.25) is 5.91 Å². The zero-order chi connectivity index (χ0) is 26.5. The van der Waals surface area contributed by atoms with Gasteiger partial charge in [-0.15, -0.1) is 0 Å². The van der Waals surface area contributed by atoms with Gasteiger partial charge in [0.1, 0.15) is 5.75 Å². The summed E-state index contributed by atoms with van der Waals surface area (Å²) >= 11 is 0. The second-order valence-electron chi connectivity index (χ2n) is 10.1. The van der Waals surface area contributed by atoms with E-state index in [1.807, 2.05) is 100 Å². The molecular formula is C30H37NO4S. The number of nitrogens with one attached hydrogen (secondary N) is 1. The molecule has 0 radical (unpaired) electrons. The molecule has 0 aliphatic carbocycles. The molecule has 0 atom stereocenters. The fourth-order valence-corrected chi connectivity index (χ4v) is 5.07. The van der Waals surface area contributed by atoms with Crippen molar-refractivity contribution < 1.29 is 17.4 Å². The maximum atomic E-state index is 13.2. The second-order valence-corrected chi connectivity index (χ2v) is 11.7. The van der Waals surface area contributed by atoms with Gasteiger partial charge in [-0.2, -0.15) is 8.42 Å². The minimum absolute atomic E-state index is 0.0563. The van der Waals surface area contributed by atoms with E-state index in [2.05, 4.69) is 19.2 Å². The van der Waals surface area contributed by atoms with Gasteiger partial charge in [0.05, 0.1) is 6.04 Å². The normalized spacial score (nSPS) is 11.9. The third-order valence-electron chi connectivity index (χ3n) is 6.17. The molecule has 192 valence electrons. The van der Waals surface area contributed by atoms with E-state index in [-0.39, 0.29) is 11.8 Å². The Labute approximate surface area is 216 Å². The van der Waals surface area contributed by atoms with Crippen molar-refractivity contribution in [1.82, 2.24) is 5.32 Å². The van der Waals surface area contributed by atoms with E-state index in [1.54, 1.807) is 0 Å². The highest BCUT2D eigenvalue weighted by atomic mass is 32.2. The van der Waals surface area contributed by atoms with Crippen LogP contribution in [0.1, 0.15) is 93.2 Å². The molecular weight excluding hydrogens is 470 g/mol. The second kappa shape index (κ2) is 11.7. The van der Waals surface area contributed by atoms with Crippen LogP contribution in [-0.2, 0) is 14.9 Å². The van der Waals surface area contributed by atoms with E-state index >= 15 is 0 Å². The molecule has 5 nitrogen and oxygen atoms in total. The minimum atomic E-state index is -4.20. The van der Waals surface area contributed by atoms with Gasteiger partial charge in [-0.1, -0.05) is 114 Å². The minimum Gasteiger partial charge on any atom is -0.381 e. The summed E-state index contributed by atoms with van der Waals surface area (Å²) in [6.45, 7) is 12.3. The monoisotopic (exact) mass is 507 g/mol. The molecule has 1 N–H and O–H groups in total. The van der Waals surface area contributed by atoms with E-state index in [1.165, 1.54) is 0 Å². The smallest absolute Gasteiger partial charge is 0.318 e. The highest BCUT2D eigenvalue weighted by Crippen LogP contribution is 2.38. The van der Waals surface area contributed by atoms with Crippen molar-refractivity contribution in [2.75, 3.05) is 5.75 Å². The molecule has 1 amide bonds. The molecule has 3 aromatic rings. The number of hydrogen-bond donors (Lipinski definition) is 1. The van der Waals surface area contributed by atoms with Crippen LogP contribution in [0, 0.1) is 0 Å². The van der Waals surface area contributed by atoms with Crippen LogP contribution >= 0.6 is 0 Å². The zero-order valence-corrected chi connectivity index (χ0v) is 22.8. The van der Waals surface area contributed by atoms with Gasteiger partial charge in [0.15, 0.2) is 5.75 Å². The van der Waals surface area contributed by atoms with Crippen LogP contribution in [-0.4, -0.2) is 20.1 Å². The maximum Gasteiger partial charge on any atom is 0.318 e. The highest BCUT2D eigenvalue weighted by Gasteiger charge is 2.27. The van der Waals surface area contributed by atoms with Crippen LogP contribution in [0.2, 0.25) is 0 Å². The average Bonchev–Trinajstić information content (AvgIpc) is 2.82. The number of rotatable bonds is 10. The summed E-state index contributed by atoms with van der Waals surface area (Å²) in [4.78, 5) is 13.0. The Morgan fingerprint density at radius 2 is 1.17 bits per heavy atom. The van der Waals surface area contributed by atoms with Gasteiger partial charge >= 0.3 is 10.1 Å². The Morgan fingerprint density at radius 1 is 0.722 bits per heavy atom. The molecule has 0 fully saturated rings. The summed E-state index contributed by atoms with van der Waals surface area (Å²) in [5, 5.41) is 2.89. The number of amides is 1. The standard InChI is InChI=1S/C30H37NO4S/c1-20(2)25-17-26(21(3)4)30(27(18-25)22(5)6)35-36(33,34)19-28(32)31-29(23-13-9-7-10-14-23)24-15-11-8-12-16-24/h7-18,20-22,29H,19H2,1-6H3,(H,31,32). The lowest BCUT2D eigenvalue weighted by atomic mass is 9.88. The lowest BCUT2D eigenvalue weighted by Gasteiger charge is -2.23.